The van der Waals surface area contributed by atoms with Crippen LogP contribution in [0.15, 0.2) is 24.7 Å². The molecule has 0 aliphatic carbocycles. The number of allylic oxidation sites excluding steroid dienone is 2. The third-order valence-corrected chi connectivity index (χ3v) is 3.51. The molecular weight excluding hydrogens is 361 g/mol. The van der Waals surface area contributed by atoms with E-state index in [1.165, 1.54) is 6.08 Å². The van der Waals surface area contributed by atoms with E-state index in [9.17, 15) is 19.0 Å². The molecule has 0 fully saturated rings. The summed E-state index contributed by atoms with van der Waals surface area (Å²) in [7, 11) is -1.00. The fraction of sp³-hybridized carbons (Fsp3) is 0.571. The second-order valence-corrected chi connectivity index (χ2v) is 5.67. The minimum Gasteiger partial charge on any atom is -0.428 e. The highest BCUT2D eigenvalue weighted by molar-refractivity contribution is 6.52. The Labute approximate surface area is 158 Å². The van der Waals surface area contributed by atoms with Gasteiger partial charge in [0, 0.05) is 6.54 Å². The van der Waals surface area contributed by atoms with Gasteiger partial charge in [-0.25, -0.2) is 11.0 Å². The van der Waals surface area contributed by atoms with Gasteiger partial charge in [0.25, 0.3) is 0 Å². The first kappa shape index (κ1) is 25.4. The number of hydrogen-bond acceptors (Lipinski definition) is 9. The van der Waals surface area contributed by atoms with Crippen LogP contribution in [-0.2, 0) is 19.1 Å². The summed E-state index contributed by atoms with van der Waals surface area (Å²) in [6.45, 7) is 8.77. The van der Waals surface area contributed by atoms with E-state index in [0.717, 1.165) is 0 Å². The van der Waals surface area contributed by atoms with Gasteiger partial charge in [-0.3, -0.25) is 9.59 Å². The molecule has 0 unspecified atom stereocenters. The van der Waals surface area contributed by atoms with Crippen LogP contribution in [0.3, 0.4) is 0 Å². The molecule has 0 aromatic heterocycles. The van der Waals surface area contributed by atoms with Gasteiger partial charge in [-0.1, -0.05) is 19.2 Å². The largest absolute Gasteiger partial charge is 0.507 e. The van der Waals surface area contributed by atoms with E-state index < -0.39 is 37.2 Å². The molecule has 0 aromatic rings. The van der Waals surface area contributed by atoms with Crippen molar-refractivity contribution in [1.29, 1.82) is 0 Å². The highest BCUT2D eigenvalue weighted by atomic mass is 19.1. The van der Waals surface area contributed by atoms with Crippen molar-refractivity contribution in [3.63, 3.8) is 0 Å². The molecule has 0 spiro atoms. The highest BCUT2D eigenvalue weighted by Gasteiger charge is 2.27. The quantitative estimate of drug-likeness (QED) is 0.0591. The van der Waals surface area contributed by atoms with E-state index in [0.29, 0.717) is 20.5 Å². The Kier molecular flexibility index (Phi) is 13.6. The van der Waals surface area contributed by atoms with Gasteiger partial charge in [0.1, 0.15) is 6.04 Å². The van der Waals surface area contributed by atoms with Crippen molar-refractivity contribution in [1.82, 2.24) is 16.3 Å². The summed E-state index contributed by atoms with van der Waals surface area (Å²) in [6, 6.07) is -4.43. The maximum absolute atomic E-state index is 12.3. The van der Waals surface area contributed by atoms with Crippen LogP contribution >= 0.6 is 0 Å². The van der Waals surface area contributed by atoms with Crippen molar-refractivity contribution >= 4 is 26.7 Å². The van der Waals surface area contributed by atoms with Crippen molar-refractivity contribution < 1.29 is 33.5 Å². The molecule has 0 bridgehead atoms. The Morgan fingerprint density at radius 3 is 2.63 bits per heavy atom. The summed E-state index contributed by atoms with van der Waals surface area (Å²) in [4.78, 5) is 22.6. The van der Waals surface area contributed by atoms with Gasteiger partial charge >= 0.3 is 20.8 Å². The lowest BCUT2D eigenvalue weighted by Crippen LogP contribution is -2.56. The van der Waals surface area contributed by atoms with Crippen molar-refractivity contribution in [3.8, 4) is 0 Å². The maximum atomic E-state index is 12.3. The summed E-state index contributed by atoms with van der Waals surface area (Å²) in [6.07, 6.45) is 2.41. The predicted molar refractivity (Wildman–Crippen MR) is 97.9 cm³/mol. The van der Waals surface area contributed by atoms with Gasteiger partial charge in [0.05, 0.1) is 12.1 Å². The standard InChI is InChI=1S/C14H26B2FN4O6/c1-4-9(2)16(25)27-20-10(3)12(21-26-15-24)14(23)19-8-6-5-7-11(18)13(17)22/h4,10-12,20-21,24-25H,1-2,5-8,18H2,3H3,(H,19,23)/t10-,11-,12-/m0/s1. The lowest BCUT2D eigenvalue weighted by molar-refractivity contribution is -0.131. The average molecular weight is 387 g/mol. The normalized spacial score (nSPS) is 14.0. The van der Waals surface area contributed by atoms with Crippen molar-refractivity contribution in [2.45, 2.75) is 44.3 Å². The van der Waals surface area contributed by atoms with E-state index >= 15 is 0 Å². The van der Waals surface area contributed by atoms with Gasteiger partial charge in [-0.15, -0.1) is 0 Å². The summed E-state index contributed by atoms with van der Waals surface area (Å²) in [5.41, 5.74) is 10.3. The molecule has 0 rings (SSSR count). The number of nitrogens with one attached hydrogen (secondary N) is 3. The number of nitrogens with two attached hydrogens (primary N) is 1. The lowest BCUT2D eigenvalue weighted by Gasteiger charge is -2.25. The van der Waals surface area contributed by atoms with E-state index in [1.807, 2.05) is 0 Å². The minimum atomic E-state index is -1.57. The molecule has 1 amide bonds. The van der Waals surface area contributed by atoms with Crippen LogP contribution in [0.2, 0.25) is 0 Å². The van der Waals surface area contributed by atoms with Crippen molar-refractivity contribution in [3.05, 3.63) is 24.7 Å². The number of rotatable bonds is 16. The monoisotopic (exact) mass is 387 g/mol. The van der Waals surface area contributed by atoms with Crippen LogP contribution in [0, 0.1) is 0 Å². The minimum absolute atomic E-state index is 0.173. The van der Waals surface area contributed by atoms with E-state index in [4.69, 9.17) is 15.5 Å². The van der Waals surface area contributed by atoms with Crippen LogP contribution in [0.4, 0.5) is 4.39 Å². The van der Waals surface area contributed by atoms with E-state index in [-0.39, 0.29) is 18.4 Å². The first-order valence-electron chi connectivity index (χ1n) is 8.24. The molecule has 0 aliphatic heterocycles. The fourth-order valence-electron chi connectivity index (χ4n) is 1.83. The SMILES string of the molecule is C=CC(=C)B(O)ON[C@@H](C)[C@H](NO[B]O)C(=O)NCCCC[C@H](N)C(=O)F. The molecule has 7 N–H and O–H groups in total. The molecule has 1 radical (unpaired) electrons. The second kappa shape index (κ2) is 14.5. The molecule has 27 heavy (non-hydrogen) atoms. The number of unbranched alkanes of at least 4 members (excludes halogenated alkanes) is 1. The Morgan fingerprint density at radius 2 is 2.07 bits per heavy atom. The number of hydrogen-bond donors (Lipinski definition) is 6. The molecule has 0 heterocycles. The lowest BCUT2D eigenvalue weighted by atomic mass is 9.80. The van der Waals surface area contributed by atoms with Gasteiger partial charge in [0.15, 0.2) is 0 Å². The maximum Gasteiger partial charge on any atom is 0.507 e. The number of hydroxylamine groups is 2. The van der Waals surface area contributed by atoms with Crippen LogP contribution < -0.4 is 22.0 Å². The van der Waals surface area contributed by atoms with Gasteiger partial charge in [-0.2, -0.15) is 4.39 Å². The zero-order valence-electron chi connectivity index (χ0n) is 15.2. The Morgan fingerprint density at radius 1 is 1.41 bits per heavy atom. The molecule has 3 atom stereocenters. The summed E-state index contributed by atoms with van der Waals surface area (Å²) in [5, 5.41) is 20.9. The molecule has 151 valence electrons. The highest BCUT2D eigenvalue weighted by Crippen LogP contribution is 2.02. The zero-order valence-corrected chi connectivity index (χ0v) is 15.2. The third-order valence-electron chi connectivity index (χ3n) is 3.51. The summed E-state index contributed by atoms with van der Waals surface area (Å²) >= 11 is 0. The predicted octanol–water partition coefficient (Wildman–Crippen LogP) is -1.82. The molecule has 0 aromatic carbocycles. The van der Waals surface area contributed by atoms with E-state index in [2.05, 4.69) is 34.2 Å². The van der Waals surface area contributed by atoms with Gasteiger partial charge in [0.2, 0.25) is 5.91 Å². The first-order valence-corrected chi connectivity index (χ1v) is 8.24. The molecule has 13 heteroatoms. The molecule has 0 saturated heterocycles. The topological polar surface area (TPSA) is 155 Å². The number of halogens is 1. The number of amides is 1. The van der Waals surface area contributed by atoms with Crippen LogP contribution in [0.5, 0.6) is 0 Å². The van der Waals surface area contributed by atoms with E-state index in [1.54, 1.807) is 6.92 Å². The Bertz CT molecular complexity index is 502. The first-order chi connectivity index (χ1) is 12.7. The van der Waals surface area contributed by atoms with Crippen molar-refractivity contribution in [2.24, 2.45) is 5.73 Å². The third kappa shape index (κ3) is 11.0. The average Bonchev–Trinajstić information content (AvgIpc) is 2.64. The smallest absolute Gasteiger partial charge is 0.428 e. The van der Waals surface area contributed by atoms with Crippen LogP contribution in [-0.4, -0.2) is 61.5 Å². The molecule has 10 nitrogen and oxygen atoms in total. The molecule has 0 saturated carbocycles. The molecular formula is C14H26B2FN4O6. The summed E-state index contributed by atoms with van der Waals surface area (Å²) in [5.74, 6) is -0.497. The fourth-order valence-corrected chi connectivity index (χ4v) is 1.83. The Balaban J connectivity index is 4.42. The van der Waals surface area contributed by atoms with Crippen molar-refractivity contribution in [2.75, 3.05) is 6.54 Å². The summed E-state index contributed by atoms with van der Waals surface area (Å²) < 4.78 is 21.8. The zero-order chi connectivity index (χ0) is 20.8. The molecule has 0 aliphatic rings. The van der Waals surface area contributed by atoms with Crippen LogP contribution in [0.1, 0.15) is 26.2 Å². The number of carbonyl (C=O) groups excluding carboxylic acids is 2. The number of carbonyl (C=O) groups is 2. The van der Waals surface area contributed by atoms with Crippen LogP contribution in [0.25, 0.3) is 0 Å². The second-order valence-electron chi connectivity index (χ2n) is 5.67. The van der Waals surface area contributed by atoms with Gasteiger partial charge in [-0.05, 0) is 31.7 Å². The Hall–Kier alpha value is -1.60. The van der Waals surface area contributed by atoms with Gasteiger partial charge < -0.3 is 30.6 Å².